The highest BCUT2D eigenvalue weighted by Crippen LogP contribution is 2.16. The Bertz CT molecular complexity index is 505. The zero-order chi connectivity index (χ0) is 12.4. The smallest absolute Gasteiger partial charge is 0.225 e. The minimum absolute atomic E-state index is 0.280. The summed E-state index contributed by atoms with van der Waals surface area (Å²) in [5, 5.41) is 12.2. The second kappa shape index (κ2) is 4.83. The van der Waals surface area contributed by atoms with Gasteiger partial charge in [0.1, 0.15) is 5.82 Å². The highest BCUT2D eigenvalue weighted by Gasteiger charge is 2.14. The number of rotatable bonds is 4. The van der Waals surface area contributed by atoms with Gasteiger partial charge in [-0.2, -0.15) is 4.98 Å². The molecule has 0 unspecified atom stereocenters. The van der Waals surface area contributed by atoms with Crippen molar-refractivity contribution in [1.29, 1.82) is 0 Å². The van der Waals surface area contributed by atoms with E-state index in [0.29, 0.717) is 30.0 Å². The Hall–Kier alpha value is -1.43. The molecule has 0 aliphatic rings. The van der Waals surface area contributed by atoms with Crippen LogP contribution in [0.15, 0.2) is 4.52 Å². The van der Waals surface area contributed by atoms with Crippen molar-refractivity contribution in [3.05, 3.63) is 22.8 Å². The Morgan fingerprint density at radius 2 is 2.12 bits per heavy atom. The lowest BCUT2D eigenvalue weighted by Crippen LogP contribution is -2.08. The van der Waals surface area contributed by atoms with Gasteiger partial charge in [-0.05, 0) is 11.6 Å². The Balaban J connectivity index is 2.10. The number of nitrogens with zero attached hydrogens (tertiary/aromatic N) is 5. The van der Waals surface area contributed by atoms with Gasteiger partial charge in [0.25, 0.3) is 0 Å². The lowest BCUT2D eigenvalue weighted by molar-refractivity contribution is 0.386. The van der Waals surface area contributed by atoms with Gasteiger partial charge >= 0.3 is 0 Å². The first-order valence-electron chi connectivity index (χ1n) is 5.45. The quantitative estimate of drug-likeness (QED) is 0.836. The molecule has 17 heavy (non-hydrogen) atoms. The first-order valence-corrected chi connectivity index (χ1v) is 5.83. The van der Waals surface area contributed by atoms with Crippen LogP contribution in [0.5, 0.6) is 0 Å². The fraction of sp³-hybridized carbons (Fsp3) is 0.600. The molecule has 7 heteroatoms. The summed E-state index contributed by atoms with van der Waals surface area (Å²) in [4.78, 5) is 4.14. The zero-order valence-corrected chi connectivity index (χ0v) is 10.8. The minimum Gasteiger partial charge on any atom is -0.340 e. The van der Waals surface area contributed by atoms with Crippen molar-refractivity contribution in [3.63, 3.8) is 0 Å². The van der Waals surface area contributed by atoms with Crippen molar-refractivity contribution in [1.82, 2.24) is 24.9 Å². The Kier molecular flexibility index (Phi) is 3.42. The van der Waals surface area contributed by atoms with Crippen molar-refractivity contribution in [3.8, 4) is 0 Å². The molecule has 0 radical (unpaired) electrons. The molecule has 0 bridgehead atoms. The van der Waals surface area contributed by atoms with E-state index >= 15 is 0 Å². The number of halogens is 1. The van der Waals surface area contributed by atoms with Gasteiger partial charge in [0.2, 0.25) is 11.2 Å². The summed E-state index contributed by atoms with van der Waals surface area (Å²) in [6.45, 7) is 6.52. The summed E-state index contributed by atoms with van der Waals surface area (Å²) in [7, 11) is 0. The summed E-state index contributed by atoms with van der Waals surface area (Å²) < 4.78 is 6.78. The van der Waals surface area contributed by atoms with Crippen LogP contribution in [-0.2, 0) is 13.0 Å². The van der Waals surface area contributed by atoms with E-state index in [1.807, 2.05) is 4.57 Å². The van der Waals surface area contributed by atoms with Gasteiger partial charge in [0.05, 0.1) is 0 Å². The molecule has 0 aliphatic heterocycles. The van der Waals surface area contributed by atoms with Gasteiger partial charge in [-0.1, -0.05) is 19.0 Å². The summed E-state index contributed by atoms with van der Waals surface area (Å²) >= 11 is 5.99. The van der Waals surface area contributed by atoms with Gasteiger partial charge in [-0.25, -0.2) is 0 Å². The van der Waals surface area contributed by atoms with Crippen molar-refractivity contribution in [2.24, 2.45) is 0 Å². The average molecular weight is 256 g/mol. The second-order valence-corrected chi connectivity index (χ2v) is 4.45. The third-order valence-electron chi connectivity index (χ3n) is 2.38. The first-order chi connectivity index (χ1) is 8.08. The number of aromatic nitrogens is 5. The maximum absolute atomic E-state index is 5.99. The fourth-order valence-electron chi connectivity index (χ4n) is 1.58. The SMILES string of the molecule is Cc1nc(CCn2c(Cl)nnc2C(C)C)no1. The van der Waals surface area contributed by atoms with Gasteiger partial charge in [0.15, 0.2) is 5.82 Å². The van der Waals surface area contributed by atoms with E-state index in [2.05, 4.69) is 34.2 Å². The molecule has 0 saturated heterocycles. The van der Waals surface area contributed by atoms with Crippen LogP contribution in [0.3, 0.4) is 0 Å². The molecule has 0 fully saturated rings. The first kappa shape index (κ1) is 12.0. The number of hydrogen-bond donors (Lipinski definition) is 0. The van der Waals surface area contributed by atoms with Crippen LogP contribution in [0, 0.1) is 6.92 Å². The zero-order valence-electron chi connectivity index (χ0n) is 10.0. The van der Waals surface area contributed by atoms with Crippen molar-refractivity contribution < 1.29 is 4.52 Å². The van der Waals surface area contributed by atoms with Crippen LogP contribution in [-0.4, -0.2) is 24.9 Å². The third kappa shape index (κ3) is 2.63. The molecule has 0 N–H and O–H groups in total. The molecule has 0 aliphatic carbocycles. The fourth-order valence-corrected chi connectivity index (χ4v) is 1.79. The highest BCUT2D eigenvalue weighted by atomic mass is 35.5. The molecule has 0 atom stereocenters. The van der Waals surface area contributed by atoms with Crippen LogP contribution >= 0.6 is 11.6 Å². The van der Waals surface area contributed by atoms with Crippen LogP contribution < -0.4 is 0 Å². The number of aryl methyl sites for hydroxylation is 2. The van der Waals surface area contributed by atoms with Crippen LogP contribution in [0.2, 0.25) is 5.28 Å². The molecule has 2 rings (SSSR count). The van der Waals surface area contributed by atoms with Crippen LogP contribution in [0.4, 0.5) is 0 Å². The Morgan fingerprint density at radius 3 is 2.71 bits per heavy atom. The van der Waals surface area contributed by atoms with Gasteiger partial charge in [0, 0.05) is 25.8 Å². The molecule has 0 aromatic carbocycles. The maximum atomic E-state index is 5.99. The molecule has 0 amide bonds. The molecule has 2 aromatic heterocycles. The Labute approximate surface area is 104 Å². The molecule has 0 saturated carbocycles. The third-order valence-corrected chi connectivity index (χ3v) is 2.66. The monoisotopic (exact) mass is 255 g/mol. The summed E-state index contributed by atoms with van der Waals surface area (Å²) in [6, 6.07) is 0. The second-order valence-electron chi connectivity index (χ2n) is 4.11. The standard InChI is InChI=1S/C10H14ClN5O/c1-6(2)9-13-14-10(11)16(9)5-4-8-12-7(3)17-15-8/h6H,4-5H2,1-3H3. The van der Waals surface area contributed by atoms with E-state index in [1.54, 1.807) is 6.92 Å². The summed E-state index contributed by atoms with van der Waals surface area (Å²) in [5.41, 5.74) is 0. The maximum Gasteiger partial charge on any atom is 0.225 e. The largest absolute Gasteiger partial charge is 0.340 e. The molecular formula is C10H14ClN5O. The van der Waals surface area contributed by atoms with Crippen molar-refractivity contribution in [2.75, 3.05) is 0 Å². The predicted octanol–water partition coefficient (Wildman–Crippen LogP) is 1.99. The minimum atomic E-state index is 0.280. The molecular weight excluding hydrogens is 242 g/mol. The van der Waals surface area contributed by atoms with Crippen LogP contribution in [0.1, 0.15) is 37.3 Å². The van der Waals surface area contributed by atoms with E-state index in [4.69, 9.17) is 16.1 Å². The Morgan fingerprint density at radius 1 is 1.35 bits per heavy atom. The van der Waals surface area contributed by atoms with E-state index in [0.717, 1.165) is 5.82 Å². The molecule has 2 heterocycles. The topological polar surface area (TPSA) is 69.6 Å². The van der Waals surface area contributed by atoms with Gasteiger partial charge in [-0.3, -0.25) is 0 Å². The van der Waals surface area contributed by atoms with Crippen molar-refractivity contribution >= 4 is 11.6 Å². The lowest BCUT2D eigenvalue weighted by atomic mass is 10.2. The van der Waals surface area contributed by atoms with Crippen LogP contribution in [0.25, 0.3) is 0 Å². The molecule has 2 aromatic rings. The number of hydrogen-bond acceptors (Lipinski definition) is 5. The normalized spacial score (nSPS) is 11.4. The molecule has 6 nitrogen and oxygen atoms in total. The van der Waals surface area contributed by atoms with E-state index in [1.165, 1.54) is 0 Å². The average Bonchev–Trinajstić information content (AvgIpc) is 2.82. The highest BCUT2D eigenvalue weighted by molar-refractivity contribution is 6.28. The summed E-state index contributed by atoms with van der Waals surface area (Å²) in [5.74, 6) is 2.39. The van der Waals surface area contributed by atoms with Gasteiger partial charge < -0.3 is 9.09 Å². The molecule has 92 valence electrons. The van der Waals surface area contributed by atoms with E-state index in [9.17, 15) is 0 Å². The molecule has 0 spiro atoms. The van der Waals surface area contributed by atoms with Gasteiger partial charge in [-0.15, -0.1) is 10.2 Å². The van der Waals surface area contributed by atoms with Crippen molar-refractivity contribution in [2.45, 2.75) is 39.7 Å². The van der Waals surface area contributed by atoms with E-state index in [-0.39, 0.29) is 5.92 Å². The predicted molar refractivity (Wildman–Crippen MR) is 61.9 cm³/mol. The lowest BCUT2D eigenvalue weighted by Gasteiger charge is -2.08. The van der Waals surface area contributed by atoms with E-state index < -0.39 is 0 Å². The summed E-state index contributed by atoms with van der Waals surface area (Å²) in [6.07, 6.45) is 0.648.